The average Bonchev–Trinajstić information content (AvgIpc) is 3.08. The molecule has 0 aliphatic rings. The Bertz CT molecular complexity index is 2060. The van der Waals surface area contributed by atoms with Crippen LogP contribution in [-0.2, 0) is 32.3 Å². The number of alkyl halides is 2. The summed E-state index contributed by atoms with van der Waals surface area (Å²) in [6.07, 6.45) is 0. The number of benzene rings is 6. The van der Waals surface area contributed by atoms with Gasteiger partial charge in [-0.25, -0.2) is 0 Å². The van der Waals surface area contributed by atoms with Gasteiger partial charge in [0.05, 0.1) is 0 Å². The van der Waals surface area contributed by atoms with Crippen LogP contribution in [0.2, 0.25) is 0 Å². The van der Waals surface area contributed by atoms with Crippen molar-refractivity contribution in [1.82, 2.24) is 0 Å². The highest BCUT2D eigenvalue weighted by atomic mass is 79.9. The first-order valence-corrected chi connectivity index (χ1v) is 21.0. The Balaban J connectivity index is 1.80. The quantitative estimate of drug-likeness (QED) is 0.152. The van der Waals surface area contributed by atoms with Crippen LogP contribution < -0.4 is 0 Å². The summed E-state index contributed by atoms with van der Waals surface area (Å²) in [6.45, 7) is 27.9. The fraction of sp³-hybridized carbons (Fsp3) is 0.360. The molecule has 6 aromatic carbocycles. The number of hydrogen-bond acceptors (Lipinski definition) is 0. The molecule has 6 rings (SSSR count). The first-order valence-electron chi connectivity index (χ1n) is 18.8. The smallest absolute Gasteiger partial charge is 0.0295 e. The second-order valence-corrected chi connectivity index (χ2v) is 20.0. The summed E-state index contributed by atoms with van der Waals surface area (Å²) in [5.41, 5.74) is 16.0. The van der Waals surface area contributed by atoms with Gasteiger partial charge in [-0.1, -0.05) is 200 Å². The Morgan fingerprint density at radius 2 is 0.673 bits per heavy atom. The highest BCUT2D eigenvalue weighted by molar-refractivity contribution is 9.08. The van der Waals surface area contributed by atoms with Gasteiger partial charge in [0.15, 0.2) is 0 Å². The molecule has 0 aliphatic carbocycles. The summed E-state index contributed by atoms with van der Waals surface area (Å²) in [5.74, 6) is 0. The maximum atomic E-state index is 4.08. The van der Waals surface area contributed by atoms with Gasteiger partial charge in [0.2, 0.25) is 0 Å². The maximum absolute atomic E-state index is 4.08. The van der Waals surface area contributed by atoms with E-state index in [4.69, 9.17) is 0 Å². The van der Waals surface area contributed by atoms with Crippen LogP contribution >= 0.6 is 31.9 Å². The van der Waals surface area contributed by atoms with E-state index in [2.05, 4.69) is 212 Å². The van der Waals surface area contributed by atoms with Crippen LogP contribution in [0, 0.1) is 0 Å². The highest BCUT2D eigenvalue weighted by Gasteiger charge is 2.27. The molecule has 0 bridgehead atoms. The van der Waals surface area contributed by atoms with E-state index >= 15 is 0 Å². The SMILES string of the molecule is CC(C)(C)c1cc(-c2cc3ccccc3c(-c3c(CBr)c(-c4cc(C(C)(C)C)cc(C(C)(C)C)c4)cc4ccccc34)c2CBr)cc(C(C)(C)C)c1. The van der Waals surface area contributed by atoms with E-state index in [0.29, 0.717) is 0 Å². The van der Waals surface area contributed by atoms with Crippen LogP contribution in [0.15, 0.2) is 97.1 Å². The Labute approximate surface area is 330 Å². The van der Waals surface area contributed by atoms with Crippen LogP contribution in [0.5, 0.6) is 0 Å². The molecule has 0 amide bonds. The van der Waals surface area contributed by atoms with Crippen molar-refractivity contribution in [3.63, 3.8) is 0 Å². The summed E-state index contributed by atoms with van der Waals surface area (Å²) >= 11 is 8.16. The van der Waals surface area contributed by atoms with Gasteiger partial charge in [-0.15, -0.1) is 0 Å². The van der Waals surface area contributed by atoms with Crippen LogP contribution in [0.4, 0.5) is 0 Å². The van der Waals surface area contributed by atoms with Crippen LogP contribution in [-0.4, -0.2) is 0 Å². The van der Waals surface area contributed by atoms with Crippen molar-refractivity contribution in [2.75, 3.05) is 0 Å². The minimum absolute atomic E-state index is 0.0193. The third-order valence-electron chi connectivity index (χ3n) is 10.8. The molecule has 2 heteroatoms. The Morgan fingerprint density at radius 3 is 0.942 bits per heavy atom. The minimum Gasteiger partial charge on any atom is -0.0876 e. The molecular formula is C50H56Br2. The molecule has 0 aliphatic heterocycles. The Kier molecular flexibility index (Phi) is 10.3. The normalized spacial score (nSPS) is 13.0. The van der Waals surface area contributed by atoms with E-state index in [-0.39, 0.29) is 21.7 Å². The molecule has 0 heterocycles. The Hall–Kier alpha value is -3.20. The van der Waals surface area contributed by atoms with Gasteiger partial charge in [0, 0.05) is 10.7 Å². The van der Waals surface area contributed by atoms with Gasteiger partial charge in [0.1, 0.15) is 0 Å². The lowest BCUT2D eigenvalue weighted by atomic mass is 9.76. The molecule has 0 nitrogen and oxygen atoms in total. The van der Waals surface area contributed by atoms with E-state index in [9.17, 15) is 0 Å². The molecule has 0 saturated carbocycles. The fourth-order valence-electron chi connectivity index (χ4n) is 7.44. The maximum Gasteiger partial charge on any atom is 0.0295 e. The lowest BCUT2D eigenvalue weighted by Gasteiger charge is -2.28. The summed E-state index contributed by atoms with van der Waals surface area (Å²) < 4.78 is 0. The van der Waals surface area contributed by atoms with Crippen molar-refractivity contribution in [3.8, 4) is 33.4 Å². The number of hydrogen-bond donors (Lipinski definition) is 0. The monoisotopic (exact) mass is 814 g/mol. The number of rotatable bonds is 5. The molecule has 52 heavy (non-hydrogen) atoms. The van der Waals surface area contributed by atoms with Crippen molar-refractivity contribution >= 4 is 53.4 Å². The summed E-state index contributed by atoms with van der Waals surface area (Å²) in [7, 11) is 0. The van der Waals surface area contributed by atoms with Gasteiger partial charge in [-0.05, 0) is 122 Å². The molecule has 0 radical (unpaired) electrons. The second-order valence-electron chi connectivity index (χ2n) is 18.9. The summed E-state index contributed by atoms with van der Waals surface area (Å²) in [6, 6.07) is 37.5. The van der Waals surface area contributed by atoms with Crippen molar-refractivity contribution in [2.45, 2.75) is 115 Å². The fourth-order valence-corrected chi connectivity index (χ4v) is 8.61. The molecule has 0 unspecified atom stereocenters. The second kappa shape index (κ2) is 13.9. The minimum atomic E-state index is 0.0193. The zero-order valence-corrected chi connectivity index (χ0v) is 36.6. The lowest BCUT2D eigenvalue weighted by molar-refractivity contribution is 0.568. The van der Waals surface area contributed by atoms with Gasteiger partial charge in [-0.3, -0.25) is 0 Å². The summed E-state index contributed by atoms with van der Waals surface area (Å²) in [4.78, 5) is 0. The molecule has 0 fully saturated rings. The van der Waals surface area contributed by atoms with Crippen molar-refractivity contribution in [3.05, 3.63) is 130 Å². The molecule has 270 valence electrons. The Morgan fingerprint density at radius 1 is 0.385 bits per heavy atom. The molecule has 0 N–H and O–H groups in total. The van der Waals surface area contributed by atoms with Crippen molar-refractivity contribution < 1.29 is 0 Å². The summed E-state index contributed by atoms with van der Waals surface area (Å²) in [5, 5.41) is 6.56. The molecule has 0 aromatic heterocycles. The van der Waals surface area contributed by atoms with E-state index < -0.39 is 0 Å². The highest BCUT2D eigenvalue weighted by Crippen LogP contribution is 2.48. The van der Waals surface area contributed by atoms with Crippen LogP contribution in [0.1, 0.15) is 116 Å². The predicted octanol–water partition coefficient (Wildman–Crippen LogP) is 16.0. The molecule has 0 saturated heterocycles. The standard InChI is InChI=1S/C50H56Br2/c1-47(2,3)35-21-33(22-36(27-35)48(4,5)6)41-25-31-17-13-15-19-39(31)45(43(41)29-51)46-40-20-16-14-18-32(40)26-42(44(46)30-52)34-23-37(49(7,8)9)28-38(24-34)50(10,11)12/h13-28H,29-30H2,1-12H3. The number of halogens is 2. The third kappa shape index (κ3) is 7.45. The first kappa shape index (κ1) is 38.5. The molecular weight excluding hydrogens is 760 g/mol. The van der Waals surface area contributed by atoms with Gasteiger partial charge < -0.3 is 0 Å². The predicted molar refractivity (Wildman–Crippen MR) is 238 cm³/mol. The molecule has 6 aromatic rings. The van der Waals surface area contributed by atoms with Crippen LogP contribution in [0.3, 0.4) is 0 Å². The molecule has 0 atom stereocenters. The van der Waals surface area contributed by atoms with Crippen LogP contribution in [0.25, 0.3) is 54.9 Å². The van der Waals surface area contributed by atoms with E-state index in [1.807, 2.05) is 0 Å². The first-order chi connectivity index (χ1) is 24.2. The molecule has 0 spiro atoms. The van der Waals surface area contributed by atoms with E-state index in [1.165, 1.54) is 88.3 Å². The van der Waals surface area contributed by atoms with Crippen molar-refractivity contribution in [1.29, 1.82) is 0 Å². The van der Waals surface area contributed by atoms with E-state index in [0.717, 1.165) is 10.7 Å². The van der Waals surface area contributed by atoms with Gasteiger partial charge in [-0.2, -0.15) is 0 Å². The largest absolute Gasteiger partial charge is 0.0876 e. The van der Waals surface area contributed by atoms with Gasteiger partial charge >= 0.3 is 0 Å². The number of fused-ring (bicyclic) bond motifs is 2. The lowest BCUT2D eigenvalue weighted by Crippen LogP contribution is -2.16. The topological polar surface area (TPSA) is 0 Å². The van der Waals surface area contributed by atoms with E-state index in [1.54, 1.807) is 0 Å². The van der Waals surface area contributed by atoms with Gasteiger partial charge in [0.25, 0.3) is 0 Å². The van der Waals surface area contributed by atoms with Crippen molar-refractivity contribution in [2.24, 2.45) is 0 Å². The zero-order chi connectivity index (χ0) is 38.0. The zero-order valence-electron chi connectivity index (χ0n) is 33.4. The third-order valence-corrected chi connectivity index (χ3v) is 11.9. The average molecular weight is 817 g/mol.